The number of ether oxygens (including phenoxy) is 1. The highest BCUT2D eigenvalue weighted by Gasteiger charge is 2.08. The lowest BCUT2D eigenvalue weighted by molar-refractivity contribution is 0.194. The summed E-state index contributed by atoms with van der Waals surface area (Å²) >= 11 is 7.77. The Morgan fingerprint density at radius 1 is 1.44 bits per heavy atom. The number of halogens is 1. The van der Waals surface area contributed by atoms with Gasteiger partial charge in [0, 0.05) is 30.4 Å². The van der Waals surface area contributed by atoms with Gasteiger partial charge in [0.25, 0.3) is 0 Å². The molecule has 3 nitrogen and oxygen atoms in total. The third kappa shape index (κ3) is 2.51. The zero-order valence-corrected chi connectivity index (χ0v) is 10.9. The molecule has 0 radical (unpaired) electrons. The second kappa shape index (κ2) is 5.08. The molecule has 2 heterocycles. The van der Waals surface area contributed by atoms with Crippen LogP contribution in [-0.2, 0) is 11.2 Å². The van der Waals surface area contributed by atoms with Gasteiger partial charge in [-0.3, -0.25) is 0 Å². The van der Waals surface area contributed by atoms with Gasteiger partial charge in [0.05, 0.1) is 0 Å². The van der Waals surface area contributed by atoms with E-state index >= 15 is 0 Å². The Balaban J connectivity index is 2.27. The SMILES string of the molecule is COCCCc1nc(Cl)c2cc(C)sc2n1. The highest BCUT2D eigenvalue weighted by Crippen LogP contribution is 2.28. The lowest BCUT2D eigenvalue weighted by atomic mass is 10.3. The number of hydrogen-bond donors (Lipinski definition) is 0. The summed E-state index contributed by atoms with van der Waals surface area (Å²) in [5, 5.41) is 1.52. The van der Waals surface area contributed by atoms with Crippen LogP contribution < -0.4 is 0 Å². The molecule has 0 N–H and O–H groups in total. The summed E-state index contributed by atoms with van der Waals surface area (Å²) < 4.78 is 5.00. The molecule has 2 rings (SSSR count). The van der Waals surface area contributed by atoms with Crippen LogP contribution in [0.5, 0.6) is 0 Å². The molecule has 16 heavy (non-hydrogen) atoms. The lowest BCUT2D eigenvalue weighted by Crippen LogP contribution is -1.98. The van der Waals surface area contributed by atoms with Crippen LogP contribution in [0.2, 0.25) is 5.15 Å². The Bertz CT molecular complexity index is 498. The zero-order chi connectivity index (χ0) is 11.5. The topological polar surface area (TPSA) is 35.0 Å². The molecule has 0 fully saturated rings. The van der Waals surface area contributed by atoms with Gasteiger partial charge in [0.1, 0.15) is 15.8 Å². The van der Waals surface area contributed by atoms with Gasteiger partial charge >= 0.3 is 0 Å². The van der Waals surface area contributed by atoms with Crippen LogP contribution in [0.15, 0.2) is 6.07 Å². The minimum absolute atomic E-state index is 0.557. The smallest absolute Gasteiger partial charge is 0.141 e. The molecule has 0 aliphatic carbocycles. The summed E-state index contributed by atoms with van der Waals surface area (Å²) in [6.45, 7) is 2.77. The largest absolute Gasteiger partial charge is 0.385 e. The molecule has 0 unspecified atom stereocenters. The average molecular weight is 257 g/mol. The Morgan fingerprint density at radius 2 is 2.25 bits per heavy atom. The Hall–Kier alpha value is -0.710. The standard InChI is InChI=1S/C11H13ClN2OS/c1-7-6-8-10(12)13-9(4-3-5-15-2)14-11(8)16-7/h6H,3-5H2,1-2H3. The van der Waals surface area contributed by atoms with E-state index in [-0.39, 0.29) is 0 Å². The summed E-state index contributed by atoms with van der Waals surface area (Å²) in [5.41, 5.74) is 0. The van der Waals surface area contributed by atoms with Gasteiger partial charge in [-0.05, 0) is 19.4 Å². The number of rotatable bonds is 4. The minimum atomic E-state index is 0.557. The second-order valence-corrected chi connectivity index (χ2v) is 5.20. The highest BCUT2D eigenvalue weighted by atomic mass is 35.5. The number of thiophene rings is 1. The van der Waals surface area contributed by atoms with Gasteiger partial charge in [-0.1, -0.05) is 11.6 Å². The number of aryl methyl sites for hydroxylation is 2. The maximum atomic E-state index is 6.11. The first-order valence-corrected chi connectivity index (χ1v) is 6.31. The normalized spacial score (nSPS) is 11.2. The van der Waals surface area contributed by atoms with E-state index in [1.54, 1.807) is 18.4 Å². The van der Waals surface area contributed by atoms with Crippen molar-refractivity contribution in [2.45, 2.75) is 19.8 Å². The van der Waals surface area contributed by atoms with Crippen molar-refractivity contribution in [2.75, 3.05) is 13.7 Å². The van der Waals surface area contributed by atoms with E-state index in [2.05, 4.69) is 9.97 Å². The van der Waals surface area contributed by atoms with Crippen LogP contribution in [0.4, 0.5) is 0 Å². The van der Waals surface area contributed by atoms with E-state index in [9.17, 15) is 0 Å². The predicted molar refractivity (Wildman–Crippen MR) is 67.4 cm³/mol. The summed E-state index contributed by atoms with van der Waals surface area (Å²) in [4.78, 5) is 11.0. The van der Waals surface area contributed by atoms with E-state index in [1.807, 2.05) is 13.0 Å². The summed E-state index contributed by atoms with van der Waals surface area (Å²) in [7, 11) is 1.69. The van der Waals surface area contributed by atoms with Gasteiger partial charge in [-0.25, -0.2) is 9.97 Å². The van der Waals surface area contributed by atoms with Gasteiger partial charge < -0.3 is 4.74 Å². The van der Waals surface area contributed by atoms with Gasteiger partial charge in [0.2, 0.25) is 0 Å². The summed E-state index contributed by atoms with van der Waals surface area (Å²) in [5.74, 6) is 0.802. The van der Waals surface area contributed by atoms with Gasteiger partial charge in [-0.15, -0.1) is 11.3 Å². The van der Waals surface area contributed by atoms with Crippen LogP contribution in [0, 0.1) is 6.92 Å². The van der Waals surface area contributed by atoms with Gasteiger partial charge in [0.15, 0.2) is 0 Å². The van der Waals surface area contributed by atoms with E-state index in [0.29, 0.717) is 5.15 Å². The van der Waals surface area contributed by atoms with Crippen molar-refractivity contribution in [3.05, 3.63) is 21.9 Å². The molecule has 2 aromatic rings. The van der Waals surface area contributed by atoms with Crippen molar-refractivity contribution < 1.29 is 4.74 Å². The second-order valence-electron chi connectivity index (χ2n) is 3.60. The van der Waals surface area contributed by atoms with Crippen molar-refractivity contribution in [3.63, 3.8) is 0 Å². The monoisotopic (exact) mass is 256 g/mol. The maximum absolute atomic E-state index is 6.11. The molecule has 5 heteroatoms. The first kappa shape index (κ1) is 11.8. The van der Waals surface area contributed by atoms with Crippen LogP contribution in [0.25, 0.3) is 10.2 Å². The Labute approximate surface area is 103 Å². The number of fused-ring (bicyclic) bond motifs is 1. The predicted octanol–water partition coefficient (Wildman–Crippen LogP) is 3.23. The molecular weight excluding hydrogens is 244 g/mol. The molecule has 0 amide bonds. The first-order valence-electron chi connectivity index (χ1n) is 5.12. The van der Waals surface area contributed by atoms with Crippen LogP contribution in [0.3, 0.4) is 0 Å². The van der Waals surface area contributed by atoms with E-state index in [1.165, 1.54) is 4.88 Å². The number of nitrogens with zero attached hydrogens (tertiary/aromatic N) is 2. The third-order valence-electron chi connectivity index (χ3n) is 2.26. The maximum Gasteiger partial charge on any atom is 0.141 e. The van der Waals surface area contributed by atoms with Crippen molar-refractivity contribution in [2.24, 2.45) is 0 Å². The van der Waals surface area contributed by atoms with E-state index in [0.717, 1.165) is 35.5 Å². The van der Waals surface area contributed by atoms with Crippen molar-refractivity contribution >= 4 is 33.2 Å². The fraction of sp³-hybridized carbons (Fsp3) is 0.455. The van der Waals surface area contributed by atoms with E-state index in [4.69, 9.17) is 16.3 Å². The molecule has 0 saturated carbocycles. The van der Waals surface area contributed by atoms with Crippen LogP contribution in [-0.4, -0.2) is 23.7 Å². The fourth-order valence-electron chi connectivity index (χ4n) is 1.53. The van der Waals surface area contributed by atoms with Crippen molar-refractivity contribution in [1.29, 1.82) is 0 Å². The van der Waals surface area contributed by atoms with Crippen molar-refractivity contribution in [1.82, 2.24) is 9.97 Å². The van der Waals surface area contributed by atoms with Crippen LogP contribution >= 0.6 is 22.9 Å². The molecule has 2 aromatic heterocycles. The molecule has 0 spiro atoms. The molecule has 0 aromatic carbocycles. The first-order chi connectivity index (χ1) is 7.70. The fourth-order valence-corrected chi connectivity index (χ4v) is 2.73. The molecule has 0 atom stereocenters. The minimum Gasteiger partial charge on any atom is -0.385 e. The summed E-state index contributed by atoms with van der Waals surface area (Å²) in [6, 6.07) is 2.03. The molecule has 86 valence electrons. The highest BCUT2D eigenvalue weighted by molar-refractivity contribution is 7.18. The summed E-state index contributed by atoms with van der Waals surface area (Å²) in [6.07, 6.45) is 1.73. The molecule has 0 saturated heterocycles. The van der Waals surface area contributed by atoms with Gasteiger partial charge in [-0.2, -0.15) is 0 Å². The van der Waals surface area contributed by atoms with Crippen molar-refractivity contribution in [3.8, 4) is 0 Å². The quantitative estimate of drug-likeness (QED) is 0.622. The number of aromatic nitrogens is 2. The Kier molecular flexibility index (Phi) is 3.74. The van der Waals surface area contributed by atoms with E-state index < -0.39 is 0 Å². The molecule has 0 aliphatic rings. The molecule has 0 bridgehead atoms. The third-order valence-corrected chi connectivity index (χ3v) is 3.50. The average Bonchev–Trinajstić information content (AvgIpc) is 2.60. The Morgan fingerprint density at radius 3 is 3.00 bits per heavy atom. The zero-order valence-electron chi connectivity index (χ0n) is 9.29. The number of hydrogen-bond acceptors (Lipinski definition) is 4. The molecule has 0 aliphatic heterocycles. The number of methoxy groups -OCH3 is 1. The lowest BCUT2D eigenvalue weighted by Gasteiger charge is -2.00. The molecular formula is C11H13ClN2OS. The van der Waals surface area contributed by atoms with Crippen LogP contribution in [0.1, 0.15) is 17.1 Å².